The van der Waals surface area contributed by atoms with Crippen molar-refractivity contribution < 1.29 is 23.5 Å². The first-order valence-electron chi connectivity index (χ1n) is 11.3. The molecule has 2 heterocycles. The molecular weight excluding hydrogens is 450 g/mol. The number of benzene rings is 3. The standard InChI is InChI=1S/C28H22F2N2O3/c29-22-11-5-19(6-12-22)2-1-18-3-7-20(8-4-18)27-24-15-31(16-26(34)32(24)25(27)17-33)28(35)21-9-13-23(30)14-10-21/h3-14,24-25,27,33H,15-17H2/t24-,25+,27-/m1/s1. The third kappa shape index (κ3) is 4.41. The number of hydrogen-bond acceptors (Lipinski definition) is 3. The zero-order valence-electron chi connectivity index (χ0n) is 18.7. The van der Waals surface area contributed by atoms with Crippen molar-refractivity contribution in [3.8, 4) is 11.8 Å². The summed E-state index contributed by atoms with van der Waals surface area (Å²) >= 11 is 0. The summed E-state index contributed by atoms with van der Waals surface area (Å²) in [7, 11) is 0. The molecule has 3 aromatic rings. The second-order valence-corrected chi connectivity index (χ2v) is 8.72. The zero-order valence-corrected chi connectivity index (χ0v) is 18.7. The van der Waals surface area contributed by atoms with Crippen molar-refractivity contribution in [1.82, 2.24) is 9.80 Å². The van der Waals surface area contributed by atoms with E-state index in [0.717, 1.165) is 11.1 Å². The summed E-state index contributed by atoms with van der Waals surface area (Å²) in [5, 5.41) is 9.98. The van der Waals surface area contributed by atoms with Crippen molar-refractivity contribution in [2.24, 2.45) is 0 Å². The van der Waals surface area contributed by atoms with Crippen molar-refractivity contribution >= 4 is 11.8 Å². The molecule has 2 saturated heterocycles. The lowest BCUT2D eigenvalue weighted by atomic mass is 9.73. The quantitative estimate of drug-likeness (QED) is 0.596. The number of carbonyl (C=O) groups is 2. The smallest absolute Gasteiger partial charge is 0.254 e. The van der Waals surface area contributed by atoms with E-state index in [-0.39, 0.29) is 48.8 Å². The van der Waals surface area contributed by atoms with Gasteiger partial charge in [0.2, 0.25) is 5.91 Å². The molecule has 5 nitrogen and oxygen atoms in total. The van der Waals surface area contributed by atoms with E-state index in [1.807, 2.05) is 24.3 Å². The number of fused-ring (bicyclic) bond motifs is 1. The molecule has 2 aliphatic rings. The highest BCUT2D eigenvalue weighted by molar-refractivity contribution is 5.97. The minimum atomic E-state index is -0.432. The molecule has 5 rings (SSSR count). The second kappa shape index (κ2) is 9.32. The van der Waals surface area contributed by atoms with E-state index in [0.29, 0.717) is 17.7 Å². The number of rotatable bonds is 3. The normalized spacial score (nSPS) is 21.0. The Morgan fingerprint density at radius 1 is 0.886 bits per heavy atom. The maximum atomic E-state index is 13.2. The molecule has 0 saturated carbocycles. The summed E-state index contributed by atoms with van der Waals surface area (Å²) in [4.78, 5) is 28.9. The maximum Gasteiger partial charge on any atom is 0.254 e. The van der Waals surface area contributed by atoms with E-state index in [2.05, 4.69) is 11.8 Å². The molecule has 0 aliphatic carbocycles. The van der Waals surface area contributed by atoms with E-state index in [9.17, 15) is 23.5 Å². The van der Waals surface area contributed by atoms with E-state index < -0.39 is 5.82 Å². The van der Waals surface area contributed by atoms with Crippen LogP contribution in [-0.4, -0.2) is 58.5 Å². The lowest BCUT2D eigenvalue weighted by molar-refractivity contribution is -0.159. The first-order chi connectivity index (χ1) is 16.9. The lowest BCUT2D eigenvalue weighted by Crippen LogP contribution is -2.73. The van der Waals surface area contributed by atoms with E-state index in [1.54, 1.807) is 17.0 Å². The second-order valence-electron chi connectivity index (χ2n) is 8.72. The molecule has 0 bridgehead atoms. The average Bonchev–Trinajstić information content (AvgIpc) is 2.85. The van der Waals surface area contributed by atoms with Gasteiger partial charge in [-0.25, -0.2) is 8.78 Å². The van der Waals surface area contributed by atoms with Crippen LogP contribution in [0, 0.1) is 23.5 Å². The Morgan fingerprint density at radius 3 is 2.00 bits per heavy atom. The van der Waals surface area contributed by atoms with Crippen LogP contribution in [-0.2, 0) is 4.79 Å². The fraction of sp³-hybridized carbons (Fsp3) is 0.214. The van der Waals surface area contributed by atoms with Gasteiger partial charge in [0.1, 0.15) is 18.2 Å². The zero-order chi connectivity index (χ0) is 24.5. The molecule has 3 aromatic carbocycles. The van der Waals surface area contributed by atoms with Gasteiger partial charge in [0.05, 0.1) is 18.7 Å². The van der Waals surface area contributed by atoms with Gasteiger partial charge in [0, 0.05) is 29.2 Å². The minimum absolute atomic E-state index is 0.0756. The van der Waals surface area contributed by atoms with Crippen LogP contribution in [0.5, 0.6) is 0 Å². The van der Waals surface area contributed by atoms with Gasteiger partial charge in [-0.15, -0.1) is 0 Å². The van der Waals surface area contributed by atoms with Gasteiger partial charge in [-0.2, -0.15) is 0 Å². The highest BCUT2D eigenvalue weighted by Crippen LogP contribution is 2.43. The summed E-state index contributed by atoms with van der Waals surface area (Å²) in [6.07, 6.45) is 0. The SMILES string of the molecule is O=C(c1ccc(F)cc1)N1CC(=O)N2[C@H](C1)[C@@H](c1ccc(C#Cc3ccc(F)cc3)cc1)[C@@H]2CO. The van der Waals surface area contributed by atoms with Crippen LogP contribution in [0.1, 0.15) is 33.0 Å². The highest BCUT2D eigenvalue weighted by Gasteiger charge is 2.54. The largest absolute Gasteiger partial charge is 0.394 e. The van der Waals surface area contributed by atoms with E-state index >= 15 is 0 Å². The number of amides is 2. The van der Waals surface area contributed by atoms with Crippen molar-refractivity contribution in [2.45, 2.75) is 18.0 Å². The monoisotopic (exact) mass is 472 g/mol. The number of carbonyl (C=O) groups excluding carboxylic acids is 2. The molecule has 35 heavy (non-hydrogen) atoms. The van der Waals surface area contributed by atoms with Crippen LogP contribution < -0.4 is 0 Å². The fourth-order valence-corrected chi connectivity index (χ4v) is 4.90. The van der Waals surface area contributed by atoms with Crippen LogP contribution in [0.3, 0.4) is 0 Å². The molecule has 0 unspecified atom stereocenters. The Kier molecular flexibility index (Phi) is 6.06. The van der Waals surface area contributed by atoms with Gasteiger partial charge < -0.3 is 14.9 Å². The Hall–Kier alpha value is -4.02. The summed E-state index contributed by atoms with van der Waals surface area (Å²) < 4.78 is 26.3. The van der Waals surface area contributed by atoms with Gasteiger partial charge >= 0.3 is 0 Å². The molecule has 2 aliphatic heterocycles. The van der Waals surface area contributed by atoms with Gasteiger partial charge in [-0.05, 0) is 66.2 Å². The number of nitrogens with zero attached hydrogens (tertiary/aromatic N) is 2. The van der Waals surface area contributed by atoms with Crippen LogP contribution in [0.4, 0.5) is 8.78 Å². The van der Waals surface area contributed by atoms with Crippen LogP contribution >= 0.6 is 0 Å². The molecule has 0 aromatic heterocycles. The van der Waals surface area contributed by atoms with Crippen LogP contribution in [0.15, 0.2) is 72.8 Å². The topological polar surface area (TPSA) is 60.9 Å². The molecule has 2 fully saturated rings. The Labute approximate surface area is 201 Å². The molecule has 1 N–H and O–H groups in total. The van der Waals surface area contributed by atoms with Crippen LogP contribution in [0.2, 0.25) is 0 Å². The Bertz CT molecular complexity index is 1310. The first-order valence-corrected chi connectivity index (χ1v) is 11.3. The first kappa shape index (κ1) is 22.8. The van der Waals surface area contributed by atoms with Crippen molar-refractivity contribution in [2.75, 3.05) is 19.7 Å². The van der Waals surface area contributed by atoms with E-state index in [1.165, 1.54) is 41.3 Å². The summed E-state index contributed by atoms with van der Waals surface area (Å²) in [5.41, 5.74) is 2.76. The molecule has 176 valence electrons. The number of piperazine rings is 1. The maximum absolute atomic E-state index is 13.2. The number of aliphatic hydroxyl groups is 1. The molecule has 0 radical (unpaired) electrons. The molecule has 2 amide bonds. The van der Waals surface area contributed by atoms with Crippen molar-refractivity contribution in [3.63, 3.8) is 0 Å². The predicted octanol–water partition coefficient (Wildman–Crippen LogP) is 3.18. The summed E-state index contributed by atoms with van der Waals surface area (Å²) in [5.74, 6) is 4.63. The summed E-state index contributed by atoms with van der Waals surface area (Å²) in [6.45, 7) is 0.0774. The van der Waals surface area contributed by atoms with Gasteiger partial charge in [0.25, 0.3) is 5.91 Å². The van der Waals surface area contributed by atoms with Gasteiger partial charge in [-0.1, -0.05) is 24.0 Å². The van der Waals surface area contributed by atoms with E-state index in [4.69, 9.17) is 0 Å². The van der Waals surface area contributed by atoms with Crippen LogP contribution in [0.25, 0.3) is 0 Å². The number of aliphatic hydroxyl groups excluding tert-OH is 1. The van der Waals surface area contributed by atoms with Gasteiger partial charge in [-0.3, -0.25) is 9.59 Å². The summed E-state index contributed by atoms with van der Waals surface area (Å²) in [6, 6.07) is 18.2. The molecule has 3 atom stereocenters. The molecule has 7 heteroatoms. The predicted molar refractivity (Wildman–Crippen MR) is 125 cm³/mol. The Balaban J connectivity index is 1.34. The average molecular weight is 472 g/mol. The fourth-order valence-electron chi connectivity index (χ4n) is 4.90. The minimum Gasteiger partial charge on any atom is -0.394 e. The molecule has 0 spiro atoms. The highest BCUT2D eigenvalue weighted by atomic mass is 19.1. The van der Waals surface area contributed by atoms with Crippen molar-refractivity contribution in [1.29, 1.82) is 0 Å². The van der Waals surface area contributed by atoms with Crippen molar-refractivity contribution in [3.05, 3.63) is 107 Å². The third-order valence-corrected chi connectivity index (χ3v) is 6.62. The lowest BCUT2D eigenvalue weighted by Gasteiger charge is -2.58. The number of hydrogen-bond donors (Lipinski definition) is 1. The van der Waals surface area contributed by atoms with Gasteiger partial charge in [0.15, 0.2) is 0 Å². The third-order valence-electron chi connectivity index (χ3n) is 6.62. The molecular formula is C28H22F2N2O3. The Morgan fingerprint density at radius 2 is 1.43 bits per heavy atom. The number of halogens is 2.